The Balaban J connectivity index is 2.31. The van der Waals surface area contributed by atoms with Crippen molar-refractivity contribution in [1.82, 2.24) is 4.90 Å². The maximum atomic E-state index is 11.3. The molecule has 1 fully saturated rings. The first-order valence-electron chi connectivity index (χ1n) is 7.29. The maximum absolute atomic E-state index is 11.3. The standard InChI is InChI=1S/C15H21N3O3/c1-3-12-8-16(4-2)11-17(9-12)15-6-5-14(18(20)21)7-13(15)10-19/h5-7,10,12H,3-4,8-9,11H2,1-2H3/t12-/m0/s1. The van der Waals surface area contributed by atoms with E-state index in [1.807, 2.05) is 0 Å². The van der Waals surface area contributed by atoms with Crippen LogP contribution in [-0.2, 0) is 0 Å². The summed E-state index contributed by atoms with van der Waals surface area (Å²) >= 11 is 0. The molecular formula is C15H21N3O3. The number of nitro groups is 1. The van der Waals surface area contributed by atoms with Crippen molar-refractivity contribution < 1.29 is 9.72 Å². The molecule has 6 heteroatoms. The highest BCUT2D eigenvalue weighted by Gasteiger charge is 2.25. The number of carbonyl (C=O) groups is 1. The fourth-order valence-corrected chi connectivity index (χ4v) is 2.79. The summed E-state index contributed by atoms with van der Waals surface area (Å²) in [5.41, 5.74) is 1.13. The third-order valence-electron chi connectivity index (χ3n) is 4.08. The highest BCUT2D eigenvalue weighted by molar-refractivity contribution is 5.86. The molecule has 0 bridgehead atoms. The minimum Gasteiger partial charge on any atom is -0.358 e. The van der Waals surface area contributed by atoms with Crippen molar-refractivity contribution in [3.8, 4) is 0 Å². The lowest BCUT2D eigenvalue weighted by molar-refractivity contribution is -0.384. The number of aldehydes is 1. The van der Waals surface area contributed by atoms with Gasteiger partial charge in [-0.25, -0.2) is 0 Å². The lowest BCUT2D eigenvalue weighted by Gasteiger charge is -2.41. The summed E-state index contributed by atoms with van der Waals surface area (Å²) in [6.07, 6.45) is 1.78. The number of carbonyl (C=O) groups excluding carboxylic acids is 1. The first kappa shape index (κ1) is 15.4. The van der Waals surface area contributed by atoms with E-state index < -0.39 is 4.92 Å². The van der Waals surface area contributed by atoms with E-state index >= 15 is 0 Å². The molecule has 1 aliphatic rings. The Labute approximate surface area is 124 Å². The van der Waals surface area contributed by atoms with Crippen molar-refractivity contribution in [3.63, 3.8) is 0 Å². The molecule has 1 heterocycles. The molecule has 6 nitrogen and oxygen atoms in total. The van der Waals surface area contributed by atoms with Gasteiger partial charge in [0.05, 0.1) is 11.6 Å². The minimum atomic E-state index is -0.472. The van der Waals surface area contributed by atoms with Crippen LogP contribution in [0.1, 0.15) is 30.6 Å². The fourth-order valence-electron chi connectivity index (χ4n) is 2.79. The van der Waals surface area contributed by atoms with E-state index in [2.05, 4.69) is 23.6 Å². The summed E-state index contributed by atoms with van der Waals surface area (Å²) in [5, 5.41) is 10.8. The lowest BCUT2D eigenvalue weighted by Crippen LogP contribution is -2.49. The number of benzene rings is 1. The number of hydrogen-bond donors (Lipinski definition) is 0. The Kier molecular flexibility index (Phi) is 4.90. The topological polar surface area (TPSA) is 66.7 Å². The van der Waals surface area contributed by atoms with Crippen molar-refractivity contribution in [1.29, 1.82) is 0 Å². The van der Waals surface area contributed by atoms with Crippen LogP contribution in [0.2, 0.25) is 0 Å². The van der Waals surface area contributed by atoms with Crippen LogP contribution >= 0.6 is 0 Å². The molecule has 1 atom stereocenters. The second-order valence-electron chi connectivity index (χ2n) is 5.43. The monoisotopic (exact) mass is 291 g/mol. The predicted octanol–water partition coefficient (Wildman–Crippen LogP) is 2.53. The van der Waals surface area contributed by atoms with Crippen molar-refractivity contribution in [2.24, 2.45) is 5.92 Å². The summed E-state index contributed by atoms with van der Waals surface area (Å²) in [7, 11) is 0. The van der Waals surface area contributed by atoms with Crippen molar-refractivity contribution >= 4 is 17.7 Å². The van der Waals surface area contributed by atoms with Gasteiger partial charge in [-0.05, 0) is 18.5 Å². The molecule has 114 valence electrons. The van der Waals surface area contributed by atoms with Gasteiger partial charge >= 0.3 is 0 Å². The van der Waals surface area contributed by atoms with Crippen LogP contribution in [0.25, 0.3) is 0 Å². The Morgan fingerprint density at radius 2 is 2.14 bits per heavy atom. The number of anilines is 1. The van der Waals surface area contributed by atoms with Crippen molar-refractivity contribution in [3.05, 3.63) is 33.9 Å². The third kappa shape index (κ3) is 3.39. The molecule has 0 aromatic heterocycles. The molecule has 0 saturated carbocycles. The molecule has 0 aliphatic carbocycles. The quantitative estimate of drug-likeness (QED) is 0.474. The van der Waals surface area contributed by atoms with Crippen LogP contribution in [0.5, 0.6) is 0 Å². The molecular weight excluding hydrogens is 270 g/mol. The average Bonchev–Trinajstić information content (AvgIpc) is 2.53. The van der Waals surface area contributed by atoms with Crippen LogP contribution < -0.4 is 4.90 Å². The Morgan fingerprint density at radius 1 is 1.38 bits per heavy atom. The average molecular weight is 291 g/mol. The Hall–Kier alpha value is -1.95. The zero-order chi connectivity index (χ0) is 15.4. The molecule has 1 aliphatic heterocycles. The molecule has 0 spiro atoms. The van der Waals surface area contributed by atoms with E-state index in [-0.39, 0.29) is 5.69 Å². The Bertz CT molecular complexity index is 521. The van der Waals surface area contributed by atoms with Gasteiger partial charge < -0.3 is 4.90 Å². The van der Waals surface area contributed by atoms with E-state index in [1.54, 1.807) is 6.07 Å². The fraction of sp³-hybridized carbons (Fsp3) is 0.533. The van der Waals surface area contributed by atoms with Gasteiger partial charge in [-0.2, -0.15) is 0 Å². The zero-order valence-corrected chi connectivity index (χ0v) is 12.5. The second kappa shape index (κ2) is 6.67. The number of nitrogens with zero attached hydrogens (tertiary/aromatic N) is 3. The van der Waals surface area contributed by atoms with E-state index in [0.717, 1.165) is 38.4 Å². The highest BCUT2D eigenvalue weighted by atomic mass is 16.6. The van der Waals surface area contributed by atoms with Gasteiger partial charge in [-0.1, -0.05) is 20.3 Å². The minimum absolute atomic E-state index is 0.0442. The summed E-state index contributed by atoms with van der Waals surface area (Å²) in [6.45, 7) is 7.94. The van der Waals surface area contributed by atoms with Gasteiger partial charge in [-0.3, -0.25) is 19.8 Å². The Morgan fingerprint density at radius 3 is 2.71 bits per heavy atom. The molecule has 1 aromatic carbocycles. The van der Waals surface area contributed by atoms with Crippen molar-refractivity contribution in [2.75, 3.05) is 31.2 Å². The lowest BCUT2D eigenvalue weighted by atomic mass is 10.0. The molecule has 1 saturated heterocycles. The van der Waals surface area contributed by atoms with Crippen molar-refractivity contribution in [2.45, 2.75) is 20.3 Å². The van der Waals surface area contributed by atoms with Gasteiger partial charge in [0.2, 0.25) is 0 Å². The first-order valence-corrected chi connectivity index (χ1v) is 7.29. The molecule has 0 radical (unpaired) electrons. The van der Waals surface area contributed by atoms with Gasteiger partial charge in [0.25, 0.3) is 5.69 Å². The van der Waals surface area contributed by atoms with Gasteiger partial charge in [0.15, 0.2) is 6.29 Å². The SMILES string of the molecule is CC[C@H]1CN(CC)CN(c2ccc([N+](=O)[O-])cc2C=O)C1. The van der Waals surface area contributed by atoms with Crippen LogP contribution in [0, 0.1) is 16.0 Å². The van der Waals surface area contributed by atoms with E-state index in [4.69, 9.17) is 0 Å². The van der Waals surface area contributed by atoms with Crippen LogP contribution in [0.3, 0.4) is 0 Å². The highest BCUT2D eigenvalue weighted by Crippen LogP contribution is 2.28. The molecule has 2 rings (SSSR count). The van der Waals surface area contributed by atoms with E-state index in [9.17, 15) is 14.9 Å². The predicted molar refractivity (Wildman–Crippen MR) is 81.7 cm³/mol. The summed E-state index contributed by atoms with van der Waals surface area (Å²) in [5.74, 6) is 0.549. The summed E-state index contributed by atoms with van der Waals surface area (Å²) < 4.78 is 0. The maximum Gasteiger partial charge on any atom is 0.270 e. The van der Waals surface area contributed by atoms with E-state index in [0.29, 0.717) is 17.8 Å². The van der Waals surface area contributed by atoms with E-state index in [1.165, 1.54) is 12.1 Å². The van der Waals surface area contributed by atoms with Crippen LogP contribution in [0.15, 0.2) is 18.2 Å². The second-order valence-corrected chi connectivity index (χ2v) is 5.43. The summed E-state index contributed by atoms with van der Waals surface area (Å²) in [4.78, 5) is 26.1. The van der Waals surface area contributed by atoms with Crippen LogP contribution in [0.4, 0.5) is 11.4 Å². The third-order valence-corrected chi connectivity index (χ3v) is 4.08. The first-order chi connectivity index (χ1) is 10.1. The number of rotatable bonds is 5. The molecule has 0 N–H and O–H groups in total. The summed E-state index contributed by atoms with van der Waals surface area (Å²) in [6, 6.07) is 4.51. The molecule has 1 aromatic rings. The number of non-ortho nitro benzene ring substituents is 1. The molecule has 0 unspecified atom stereocenters. The number of hydrogen-bond acceptors (Lipinski definition) is 5. The van der Waals surface area contributed by atoms with Crippen LogP contribution in [-0.4, -0.2) is 42.4 Å². The zero-order valence-electron chi connectivity index (χ0n) is 12.5. The van der Waals surface area contributed by atoms with Gasteiger partial charge in [-0.15, -0.1) is 0 Å². The van der Waals surface area contributed by atoms with Gasteiger partial charge in [0.1, 0.15) is 0 Å². The van der Waals surface area contributed by atoms with Gasteiger partial charge in [0, 0.05) is 36.5 Å². The largest absolute Gasteiger partial charge is 0.358 e. The molecule has 0 amide bonds. The normalized spacial score (nSPS) is 19.5. The molecule has 21 heavy (non-hydrogen) atoms. The number of nitro benzene ring substituents is 1. The smallest absolute Gasteiger partial charge is 0.270 e.